The van der Waals surface area contributed by atoms with E-state index in [1.807, 2.05) is 78.9 Å². The van der Waals surface area contributed by atoms with Gasteiger partial charge in [0.1, 0.15) is 11.5 Å². The van der Waals surface area contributed by atoms with Gasteiger partial charge in [0, 0.05) is 41.0 Å². The SMILES string of the molecule is C[C@@H]1[C@H](CSc2ncccn2)O[C@H](c2ccc(NC(=O)Nc3ccc(Oc4ccccc4)cc3)cc2)O[C@@H]1c1ccc(CO)cc1. The van der Waals surface area contributed by atoms with Gasteiger partial charge in [0.2, 0.25) is 0 Å². The summed E-state index contributed by atoms with van der Waals surface area (Å²) in [6.07, 6.45) is 2.45. The first kappa shape index (κ1) is 31.3. The van der Waals surface area contributed by atoms with Gasteiger partial charge in [-0.2, -0.15) is 0 Å². The first-order valence-electron chi connectivity index (χ1n) is 15.0. The van der Waals surface area contributed by atoms with E-state index in [1.165, 1.54) is 0 Å². The molecule has 1 aromatic heterocycles. The summed E-state index contributed by atoms with van der Waals surface area (Å²) in [5.41, 5.74) is 3.94. The quantitative estimate of drug-likeness (QED) is 0.105. The third-order valence-corrected chi connectivity index (χ3v) is 8.54. The number of aliphatic hydroxyl groups is 1. The lowest BCUT2D eigenvalue weighted by atomic mass is 9.91. The van der Waals surface area contributed by atoms with Crippen molar-refractivity contribution in [1.29, 1.82) is 0 Å². The zero-order chi connectivity index (χ0) is 31.7. The van der Waals surface area contributed by atoms with Crippen molar-refractivity contribution in [1.82, 2.24) is 9.97 Å². The van der Waals surface area contributed by atoms with E-state index >= 15 is 0 Å². The Kier molecular flexibility index (Phi) is 10.2. The number of benzene rings is 4. The molecule has 1 aliphatic heterocycles. The molecule has 0 bridgehead atoms. The van der Waals surface area contributed by atoms with Gasteiger partial charge in [0.15, 0.2) is 11.4 Å². The Morgan fingerprint density at radius 3 is 2.04 bits per heavy atom. The van der Waals surface area contributed by atoms with Crippen LogP contribution < -0.4 is 15.4 Å². The van der Waals surface area contributed by atoms with E-state index in [1.54, 1.807) is 54.5 Å². The number of nitrogens with zero attached hydrogens (tertiary/aromatic N) is 2. The number of para-hydroxylation sites is 1. The number of ether oxygens (including phenoxy) is 3. The fraction of sp³-hybridized carbons (Fsp3) is 0.194. The van der Waals surface area contributed by atoms with Crippen LogP contribution >= 0.6 is 11.8 Å². The maximum atomic E-state index is 12.7. The molecule has 0 spiro atoms. The summed E-state index contributed by atoms with van der Waals surface area (Å²) in [6, 6.07) is 33.4. The number of carbonyl (C=O) groups excluding carboxylic acids is 1. The Labute approximate surface area is 272 Å². The smallest absolute Gasteiger partial charge is 0.323 e. The van der Waals surface area contributed by atoms with Crippen molar-refractivity contribution in [2.45, 2.75) is 37.2 Å². The standard InChI is InChI=1S/C36H34N4O5S/c1-24-32(23-46-36-37-20-5-21-38-36)44-34(45-33(24)26-10-8-25(22-41)9-11-26)27-12-14-28(15-13-27)39-35(42)40-29-16-18-31(19-17-29)43-30-6-3-2-4-7-30/h2-21,24,32-34,41H,22-23H2,1H3,(H2,39,40,42)/t24-,32+,33+,34+/m1/s1. The van der Waals surface area contributed by atoms with Gasteiger partial charge in [-0.05, 0) is 65.7 Å². The highest BCUT2D eigenvalue weighted by Gasteiger charge is 2.38. The van der Waals surface area contributed by atoms with Crippen LogP contribution in [0.3, 0.4) is 0 Å². The molecule has 4 aromatic carbocycles. The minimum atomic E-state index is -0.625. The molecular formula is C36H34N4O5S. The molecule has 234 valence electrons. The fourth-order valence-corrected chi connectivity index (χ4v) is 6.04. The number of urea groups is 1. The summed E-state index contributed by atoms with van der Waals surface area (Å²) in [6.45, 7) is 2.10. The van der Waals surface area contributed by atoms with Gasteiger partial charge in [-0.15, -0.1) is 0 Å². The minimum Gasteiger partial charge on any atom is -0.457 e. The van der Waals surface area contributed by atoms with Crippen LogP contribution in [0.15, 0.2) is 127 Å². The Morgan fingerprint density at radius 1 is 0.783 bits per heavy atom. The molecule has 0 radical (unpaired) electrons. The van der Waals surface area contributed by atoms with E-state index in [-0.39, 0.29) is 30.8 Å². The van der Waals surface area contributed by atoms with Crippen molar-refractivity contribution in [3.8, 4) is 11.5 Å². The number of rotatable bonds is 10. The molecule has 2 amide bonds. The van der Waals surface area contributed by atoms with Crippen molar-refractivity contribution < 1.29 is 24.1 Å². The number of anilines is 2. The number of aliphatic hydroxyl groups excluding tert-OH is 1. The van der Waals surface area contributed by atoms with Gasteiger partial charge in [-0.25, -0.2) is 14.8 Å². The summed E-state index contributed by atoms with van der Waals surface area (Å²) in [5.74, 6) is 2.10. The van der Waals surface area contributed by atoms with Crippen molar-refractivity contribution in [2.75, 3.05) is 16.4 Å². The molecule has 10 heteroatoms. The fourth-order valence-electron chi connectivity index (χ4n) is 5.07. The van der Waals surface area contributed by atoms with Crippen molar-refractivity contribution in [3.63, 3.8) is 0 Å². The maximum absolute atomic E-state index is 12.7. The van der Waals surface area contributed by atoms with Crippen LogP contribution in [-0.4, -0.2) is 33.0 Å². The molecule has 6 rings (SSSR count). The number of nitrogens with one attached hydrogen (secondary N) is 2. The van der Waals surface area contributed by atoms with Gasteiger partial charge < -0.3 is 30.0 Å². The monoisotopic (exact) mass is 634 g/mol. The molecule has 2 heterocycles. The lowest BCUT2D eigenvalue weighted by Gasteiger charge is -2.41. The third kappa shape index (κ3) is 8.09. The Hall–Kier alpha value is -4.74. The lowest BCUT2D eigenvalue weighted by molar-refractivity contribution is -0.268. The largest absolute Gasteiger partial charge is 0.457 e. The van der Waals surface area contributed by atoms with E-state index in [4.69, 9.17) is 14.2 Å². The van der Waals surface area contributed by atoms with E-state index in [0.29, 0.717) is 28.0 Å². The number of carbonyl (C=O) groups is 1. The van der Waals surface area contributed by atoms with Crippen LogP contribution in [-0.2, 0) is 16.1 Å². The number of amides is 2. The number of aromatic nitrogens is 2. The van der Waals surface area contributed by atoms with E-state index < -0.39 is 6.29 Å². The first-order valence-corrected chi connectivity index (χ1v) is 15.9. The molecule has 4 atom stereocenters. The normalized spacial score (nSPS) is 19.3. The van der Waals surface area contributed by atoms with Crippen LogP contribution in [0, 0.1) is 5.92 Å². The Balaban J connectivity index is 1.10. The topological polar surface area (TPSA) is 115 Å². The van der Waals surface area contributed by atoms with Gasteiger partial charge in [-0.1, -0.05) is 73.3 Å². The van der Waals surface area contributed by atoms with Crippen molar-refractivity contribution in [3.05, 3.63) is 138 Å². The van der Waals surface area contributed by atoms with Crippen LogP contribution in [0.4, 0.5) is 16.2 Å². The lowest BCUT2D eigenvalue weighted by Crippen LogP contribution is -2.38. The molecule has 9 nitrogen and oxygen atoms in total. The van der Waals surface area contributed by atoms with E-state index in [9.17, 15) is 9.90 Å². The predicted octanol–water partition coefficient (Wildman–Crippen LogP) is 7.99. The number of hydrogen-bond donors (Lipinski definition) is 3. The van der Waals surface area contributed by atoms with E-state index in [2.05, 4.69) is 27.5 Å². The average molecular weight is 635 g/mol. The molecule has 0 aliphatic carbocycles. The predicted molar refractivity (Wildman–Crippen MR) is 178 cm³/mol. The Morgan fingerprint density at radius 2 is 1.39 bits per heavy atom. The zero-order valence-electron chi connectivity index (χ0n) is 25.2. The molecule has 46 heavy (non-hydrogen) atoms. The van der Waals surface area contributed by atoms with Gasteiger partial charge in [0.25, 0.3) is 0 Å². The first-order chi connectivity index (χ1) is 22.5. The summed E-state index contributed by atoms with van der Waals surface area (Å²) in [7, 11) is 0. The van der Waals surface area contributed by atoms with Crippen LogP contribution in [0.2, 0.25) is 0 Å². The Bertz CT molecular complexity index is 1690. The molecule has 1 saturated heterocycles. The third-order valence-electron chi connectivity index (χ3n) is 7.57. The summed E-state index contributed by atoms with van der Waals surface area (Å²) >= 11 is 1.54. The summed E-state index contributed by atoms with van der Waals surface area (Å²) in [5, 5.41) is 15.9. The van der Waals surface area contributed by atoms with Crippen LogP contribution in [0.5, 0.6) is 11.5 Å². The number of thioether (sulfide) groups is 1. The summed E-state index contributed by atoms with van der Waals surface area (Å²) in [4.78, 5) is 21.4. The summed E-state index contributed by atoms with van der Waals surface area (Å²) < 4.78 is 18.9. The van der Waals surface area contributed by atoms with Crippen LogP contribution in [0.1, 0.15) is 36.0 Å². The average Bonchev–Trinajstić information content (AvgIpc) is 3.10. The molecule has 0 saturated carbocycles. The minimum absolute atomic E-state index is 0.0160. The highest BCUT2D eigenvalue weighted by molar-refractivity contribution is 7.99. The molecule has 1 fully saturated rings. The zero-order valence-corrected chi connectivity index (χ0v) is 26.0. The van der Waals surface area contributed by atoms with Gasteiger partial charge >= 0.3 is 6.03 Å². The molecule has 5 aromatic rings. The van der Waals surface area contributed by atoms with Crippen molar-refractivity contribution >= 4 is 29.2 Å². The van der Waals surface area contributed by atoms with Crippen molar-refractivity contribution in [2.24, 2.45) is 5.92 Å². The number of hydrogen-bond acceptors (Lipinski definition) is 8. The highest BCUT2D eigenvalue weighted by Crippen LogP contribution is 2.43. The molecular weight excluding hydrogens is 600 g/mol. The van der Waals surface area contributed by atoms with Gasteiger partial charge in [0.05, 0.1) is 18.8 Å². The molecule has 0 unspecified atom stereocenters. The van der Waals surface area contributed by atoms with E-state index in [0.717, 1.165) is 22.4 Å². The van der Waals surface area contributed by atoms with Crippen LogP contribution in [0.25, 0.3) is 0 Å². The second-order valence-electron chi connectivity index (χ2n) is 10.8. The molecule has 3 N–H and O–H groups in total. The van der Waals surface area contributed by atoms with Gasteiger partial charge in [-0.3, -0.25) is 0 Å². The second-order valence-corrected chi connectivity index (χ2v) is 11.8. The highest BCUT2D eigenvalue weighted by atomic mass is 32.2. The molecule has 1 aliphatic rings. The second kappa shape index (κ2) is 15.0. The maximum Gasteiger partial charge on any atom is 0.323 e.